The van der Waals surface area contributed by atoms with Gasteiger partial charge < -0.3 is 14.6 Å². The fraction of sp³-hybridized carbons (Fsp3) is 0.323. The first-order valence-electron chi connectivity index (χ1n) is 14.8. The largest absolute Gasteiger partial charge is 0.436 e. The molecule has 0 bridgehead atoms. The van der Waals surface area contributed by atoms with Crippen molar-refractivity contribution in [3.8, 4) is 11.5 Å². The van der Waals surface area contributed by atoms with Crippen molar-refractivity contribution in [3.05, 3.63) is 83.9 Å². The lowest BCUT2D eigenvalue weighted by Gasteiger charge is -2.38. The van der Waals surface area contributed by atoms with Gasteiger partial charge in [-0.05, 0) is 54.0 Å². The highest BCUT2D eigenvalue weighted by atomic mass is 19.3. The number of halogens is 2. The van der Waals surface area contributed by atoms with Gasteiger partial charge >= 0.3 is 6.55 Å². The molecular formula is C31H29F2N9O3. The lowest BCUT2D eigenvalue weighted by atomic mass is 9.85. The zero-order valence-electron chi connectivity index (χ0n) is 24.1. The van der Waals surface area contributed by atoms with Crippen molar-refractivity contribution in [1.29, 1.82) is 0 Å². The molecule has 0 radical (unpaired) electrons. The Bertz CT molecular complexity index is 1830. The first-order valence-corrected chi connectivity index (χ1v) is 14.8. The van der Waals surface area contributed by atoms with Gasteiger partial charge in [0.15, 0.2) is 11.4 Å². The van der Waals surface area contributed by atoms with Crippen LogP contribution in [-0.4, -0.2) is 78.0 Å². The van der Waals surface area contributed by atoms with Gasteiger partial charge in [-0.25, -0.2) is 4.98 Å². The number of tetrazole rings is 1. The van der Waals surface area contributed by atoms with Crippen LogP contribution in [0.2, 0.25) is 0 Å². The van der Waals surface area contributed by atoms with Crippen LogP contribution < -0.4 is 5.32 Å². The molecule has 3 aromatic heterocycles. The molecule has 7 rings (SSSR count). The molecule has 4 heterocycles. The topological polar surface area (TPSA) is 135 Å². The molecule has 2 aliphatic rings. The summed E-state index contributed by atoms with van der Waals surface area (Å²) in [5.41, 5.74) is 3.50. The number of aromatic nitrogens is 6. The molecule has 5 aromatic rings. The number of benzene rings is 2. The minimum atomic E-state index is -2.89. The molecular weight excluding hydrogens is 584 g/mol. The summed E-state index contributed by atoms with van der Waals surface area (Å²) in [6.45, 7) is -1.21. The first-order chi connectivity index (χ1) is 21.9. The van der Waals surface area contributed by atoms with Gasteiger partial charge in [-0.2, -0.15) is 8.78 Å². The van der Waals surface area contributed by atoms with Crippen LogP contribution in [0.3, 0.4) is 0 Å². The second-order valence-corrected chi connectivity index (χ2v) is 11.1. The van der Waals surface area contributed by atoms with Gasteiger partial charge in [-0.3, -0.25) is 19.5 Å². The number of piperazine rings is 1. The van der Waals surface area contributed by atoms with Crippen LogP contribution in [-0.2, 0) is 4.79 Å². The Morgan fingerprint density at radius 1 is 0.978 bits per heavy atom. The molecule has 45 heavy (non-hydrogen) atoms. The molecule has 0 spiro atoms. The summed E-state index contributed by atoms with van der Waals surface area (Å²) < 4.78 is 32.3. The zero-order chi connectivity index (χ0) is 30.9. The molecule has 1 aliphatic heterocycles. The fourth-order valence-corrected chi connectivity index (χ4v) is 5.66. The number of hydrogen-bond donors (Lipinski definition) is 1. The molecule has 1 saturated carbocycles. The van der Waals surface area contributed by atoms with Crippen molar-refractivity contribution in [2.45, 2.75) is 31.9 Å². The Hall–Kier alpha value is -5.11. The lowest BCUT2D eigenvalue weighted by Crippen LogP contribution is -2.50. The number of carbonyl (C=O) groups excluding carboxylic acids is 2. The van der Waals surface area contributed by atoms with Crippen LogP contribution in [0.5, 0.6) is 0 Å². The van der Waals surface area contributed by atoms with E-state index in [4.69, 9.17) is 4.42 Å². The van der Waals surface area contributed by atoms with Crippen molar-refractivity contribution in [1.82, 2.24) is 40.0 Å². The van der Waals surface area contributed by atoms with E-state index in [-0.39, 0.29) is 29.3 Å². The molecule has 2 amide bonds. The van der Waals surface area contributed by atoms with E-state index in [1.807, 2.05) is 30.3 Å². The minimum Gasteiger partial charge on any atom is -0.436 e. The Morgan fingerprint density at radius 2 is 1.78 bits per heavy atom. The summed E-state index contributed by atoms with van der Waals surface area (Å²) in [7, 11) is 0. The number of nitrogens with zero attached hydrogens (tertiary/aromatic N) is 8. The van der Waals surface area contributed by atoms with Gasteiger partial charge in [0.05, 0.1) is 6.04 Å². The highest BCUT2D eigenvalue weighted by Crippen LogP contribution is 2.31. The number of carbonyl (C=O) groups is 2. The van der Waals surface area contributed by atoms with E-state index < -0.39 is 12.6 Å². The Kier molecular flexibility index (Phi) is 7.71. The predicted octanol–water partition coefficient (Wildman–Crippen LogP) is 4.56. The maximum absolute atomic E-state index is 13.5. The SMILES string of the molecule is O=C(Nc1ccc2oc(-c3ccnc(C(=O)N4CCN([C@@H](c5ccccc5)c5nnn(C(F)F)n5)CC4)c3)nc2c1)C1CCC1. The van der Waals surface area contributed by atoms with Gasteiger partial charge in [-0.1, -0.05) is 41.5 Å². The number of oxazole rings is 1. The normalized spacial score (nSPS) is 16.6. The molecule has 2 fully saturated rings. The van der Waals surface area contributed by atoms with Crippen molar-refractivity contribution in [2.24, 2.45) is 5.92 Å². The maximum Gasteiger partial charge on any atom is 0.350 e. The molecule has 2 aromatic carbocycles. The second kappa shape index (κ2) is 12.1. The number of fused-ring (bicyclic) bond motifs is 1. The highest BCUT2D eigenvalue weighted by Gasteiger charge is 2.32. The number of anilines is 1. The third-order valence-corrected chi connectivity index (χ3v) is 8.30. The quantitative estimate of drug-likeness (QED) is 0.267. The van der Waals surface area contributed by atoms with E-state index in [1.54, 1.807) is 41.4 Å². The van der Waals surface area contributed by atoms with Crippen LogP contribution >= 0.6 is 0 Å². The summed E-state index contributed by atoms with van der Waals surface area (Å²) >= 11 is 0. The summed E-state index contributed by atoms with van der Waals surface area (Å²) in [5, 5.41) is 14.3. The number of pyridine rings is 1. The van der Waals surface area contributed by atoms with Crippen LogP contribution in [0, 0.1) is 5.92 Å². The summed E-state index contributed by atoms with van der Waals surface area (Å²) in [4.78, 5) is 38.8. The molecule has 12 nitrogen and oxygen atoms in total. The standard InChI is InChI=1S/C31H29F2N9O3/c32-31(33)42-38-27(37-39-42)26(19-5-2-1-3-6-19)40-13-15-41(16-14-40)30(44)24-17-21(11-12-34-24)29-36-23-18-22(9-10-25(23)45-29)35-28(43)20-7-4-8-20/h1-3,5-6,9-12,17-18,20,26,31H,4,7-8,13-16H2,(H,35,43)/t26-/m0/s1. The Morgan fingerprint density at radius 3 is 2.49 bits per heavy atom. The number of amides is 2. The van der Waals surface area contributed by atoms with Crippen molar-refractivity contribution in [3.63, 3.8) is 0 Å². The number of hydrogen-bond acceptors (Lipinski definition) is 9. The van der Waals surface area contributed by atoms with Gasteiger partial charge in [-0.15, -0.1) is 10.2 Å². The number of rotatable bonds is 8. The third kappa shape index (κ3) is 5.88. The van der Waals surface area contributed by atoms with Crippen molar-refractivity contribution < 1.29 is 22.8 Å². The summed E-state index contributed by atoms with van der Waals surface area (Å²) in [6, 6.07) is 17.6. The molecule has 1 atom stereocenters. The summed E-state index contributed by atoms with van der Waals surface area (Å²) in [6.07, 6.45) is 4.46. The molecule has 1 aliphatic carbocycles. The fourth-order valence-electron chi connectivity index (χ4n) is 5.66. The number of nitrogens with one attached hydrogen (secondary N) is 1. The van der Waals surface area contributed by atoms with Gasteiger partial charge in [0.25, 0.3) is 5.91 Å². The van der Waals surface area contributed by atoms with E-state index in [0.717, 1.165) is 24.8 Å². The molecule has 0 unspecified atom stereocenters. The van der Waals surface area contributed by atoms with Crippen molar-refractivity contribution >= 4 is 28.6 Å². The summed E-state index contributed by atoms with van der Waals surface area (Å²) in [5.74, 6) is 0.355. The van der Waals surface area contributed by atoms with E-state index in [1.165, 1.54) is 0 Å². The smallest absolute Gasteiger partial charge is 0.350 e. The molecule has 230 valence electrons. The first kappa shape index (κ1) is 28.6. The van der Waals surface area contributed by atoms with E-state index in [2.05, 4.69) is 35.6 Å². The minimum absolute atomic E-state index is 0.0224. The van der Waals surface area contributed by atoms with Crippen molar-refractivity contribution in [2.75, 3.05) is 31.5 Å². The molecule has 14 heteroatoms. The van der Waals surface area contributed by atoms with Crippen LogP contribution in [0.15, 0.2) is 71.3 Å². The molecule has 1 saturated heterocycles. The monoisotopic (exact) mass is 613 g/mol. The highest BCUT2D eigenvalue weighted by molar-refractivity contribution is 5.95. The third-order valence-electron chi connectivity index (χ3n) is 8.30. The number of alkyl halides is 2. The maximum atomic E-state index is 13.5. The molecule has 1 N–H and O–H groups in total. The van der Waals surface area contributed by atoms with E-state index >= 15 is 0 Å². The zero-order valence-corrected chi connectivity index (χ0v) is 24.1. The second-order valence-electron chi connectivity index (χ2n) is 11.1. The predicted molar refractivity (Wildman–Crippen MR) is 158 cm³/mol. The average Bonchev–Trinajstić information content (AvgIpc) is 3.69. The average molecular weight is 614 g/mol. The lowest BCUT2D eigenvalue weighted by molar-refractivity contribution is -0.122. The van der Waals surface area contributed by atoms with Crippen LogP contribution in [0.25, 0.3) is 22.6 Å². The Balaban J connectivity index is 1.05. The van der Waals surface area contributed by atoms with Crippen LogP contribution in [0.4, 0.5) is 14.5 Å². The van der Waals surface area contributed by atoms with Gasteiger partial charge in [0.1, 0.15) is 11.2 Å². The van der Waals surface area contributed by atoms with E-state index in [9.17, 15) is 18.4 Å². The Labute approximate surface area is 256 Å². The van der Waals surface area contributed by atoms with Gasteiger partial charge in [0, 0.05) is 49.5 Å². The van der Waals surface area contributed by atoms with E-state index in [0.29, 0.717) is 59.2 Å². The van der Waals surface area contributed by atoms with Crippen LogP contribution in [0.1, 0.15) is 53.7 Å². The van der Waals surface area contributed by atoms with Gasteiger partial charge in [0.2, 0.25) is 11.8 Å².